The van der Waals surface area contributed by atoms with Crippen LogP contribution in [0.4, 0.5) is 0 Å². The van der Waals surface area contributed by atoms with Crippen molar-refractivity contribution < 1.29 is 14.2 Å². The van der Waals surface area contributed by atoms with E-state index in [1.54, 1.807) is 13.0 Å². The maximum Gasteiger partial charge on any atom is 0.367 e. The fourth-order valence-corrected chi connectivity index (χ4v) is 1.29. The summed E-state index contributed by atoms with van der Waals surface area (Å²) in [5.41, 5.74) is 6.07. The Balaban J connectivity index is 2.05. The van der Waals surface area contributed by atoms with Crippen LogP contribution in [0.25, 0.3) is 0 Å². The van der Waals surface area contributed by atoms with Gasteiger partial charge in [-0.25, -0.2) is 9.78 Å². The van der Waals surface area contributed by atoms with Gasteiger partial charge in [0.15, 0.2) is 11.5 Å². The van der Waals surface area contributed by atoms with Crippen molar-refractivity contribution in [3.05, 3.63) is 46.6 Å². The highest BCUT2D eigenvalue weighted by atomic mass is 35.5. The summed E-state index contributed by atoms with van der Waals surface area (Å²) in [5, 5.41) is 7.37. The molecule has 2 heterocycles. The lowest BCUT2D eigenvalue weighted by molar-refractivity contribution is 0.0515. The van der Waals surface area contributed by atoms with Crippen LogP contribution in [-0.4, -0.2) is 21.9 Å². The summed E-state index contributed by atoms with van der Waals surface area (Å²) in [5.74, 6) is -0.194. The minimum atomic E-state index is -0.702. The predicted molar refractivity (Wildman–Crippen MR) is 66.6 cm³/mol. The minimum Gasteiger partial charge on any atom is -0.379 e. The first kappa shape index (κ1) is 13.0. The maximum absolute atomic E-state index is 11.6. The third-order valence-electron chi connectivity index (χ3n) is 2.08. The normalized spacial score (nSPS) is 11.4. The number of nitrogens with two attached hydrogens (primary N) is 1. The van der Waals surface area contributed by atoms with Gasteiger partial charge in [-0.2, -0.15) is 0 Å². The second-order valence-electron chi connectivity index (χ2n) is 3.55. The molecule has 7 nitrogen and oxygen atoms in total. The van der Waals surface area contributed by atoms with Crippen LogP contribution in [0.1, 0.15) is 21.8 Å². The van der Waals surface area contributed by atoms with Crippen molar-refractivity contribution in [1.29, 1.82) is 0 Å². The molecular weight excluding hydrogens is 272 g/mol. The average Bonchev–Trinajstić information content (AvgIpc) is 2.83. The Morgan fingerprint density at radius 1 is 1.53 bits per heavy atom. The SMILES string of the molecule is Cc1cc(/C(N)=N\OC(=O)c2ccc(Cl)nc2)no1. The van der Waals surface area contributed by atoms with E-state index in [0.29, 0.717) is 11.5 Å². The molecule has 98 valence electrons. The van der Waals surface area contributed by atoms with Gasteiger partial charge in [-0.15, -0.1) is 0 Å². The molecule has 0 aliphatic carbocycles. The van der Waals surface area contributed by atoms with Crippen molar-refractivity contribution in [2.24, 2.45) is 10.9 Å². The number of aryl methyl sites for hydroxylation is 1. The zero-order valence-electron chi connectivity index (χ0n) is 9.83. The molecular formula is C11H9ClN4O3. The molecule has 0 saturated carbocycles. The van der Waals surface area contributed by atoms with Crippen LogP contribution in [0.3, 0.4) is 0 Å². The molecule has 0 aliphatic heterocycles. The Hall–Kier alpha value is -2.41. The number of rotatable bonds is 3. The molecule has 8 heteroatoms. The number of nitrogens with zero attached hydrogens (tertiary/aromatic N) is 3. The molecule has 2 aromatic rings. The summed E-state index contributed by atoms with van der Waals surface area (Å²) in [7, 11) is 0. The third-order valence-corrected chi connectivity index (χ3v) is 2.30. The molecule has 0 amide bonds. The lowest BCUT2D eigenvalue weighted by Gasteiger charge is -1.98. The molecule has 2 N–H and O–H groups in total. The molecule has 2 rings (SSSR count). The minimum absolute atomic E-state index is 0.0628. The van der Waals surface area contributed by atoms with Crippen LogP contribution in [0.5, 0.6) is 0 Å². The van der Waals surface area contributed by atoms with Crippen LogP contribution in [0.2, 0.25) is 5.15 Å². The Bertz CT molecular complexity index is 621. The van der Waals surface area contributed by atoms with Gasteiger partial charge in [0.05, 0.1) is 5.56 Å². The molecule has 0 fully saturated rings. The van der Waals surface area contributed by atoms with E-state index >= 15 is 0 Å². The third kappa shape index (κ3) is 3.29. The van der Waals surface area contributed by atoms with Gasteiger partial charge in [0.25, 0.3) is 0 Å². The van der Waals surface area contributed by atoms with Gasteiger partial charge in [-0.05, 0) is 19.1 Å². The number of halogens is 1. The largest absolute Gasteiger partial charge is 0.379 e. The molecule has 2 aromatic heterocycles. The molecule has 19 heavy (non-hydrogen) atoms. The van der Waals surface area contributed by atoms with Gasteiger partial charge in [0.1, 0.15) is 10.9 Å². The van der Waals surface area contributed by atoms with Gasteiger partial charge < -0.3 is 15.1 Å². The molecule has 0 radical (unpaired) electrons. The standard InChI is InChI=1S/C11H9ClN4O3/c1-6-4-8(15-18-6)10(13)16-19-11(17)7-2-3-9(12)14-5-7/h2-5H,1H3,(H2,13,16). The van der Waals surface area contributed by atoms with Gasteiger partial charge in [-0.1, -0.05) is 21.9 Å². The first-order valence-corrected chi connectivity index (χ1v) is 5.54. The molecule has 0 atom stereocenters. The van der Waals surface area contributed by atoms with Crippen molar-refractivity contribution in [2.45, 2.75) is 6.92 Å². The Morgan fingerprint density at radius 2 is 2.32 bits per heavy atom. The van der Waals surface area contributed by atoms with Gasteiger partial charge in [0, 0.05) is 12.3 Å². The van der Waals surface area contributed by atoms with E-state index in [1.165, 1.54) is 18.3 Å². The smallest absolute Gasteiger partial charge is 0.367 e. The highest BCUT2D eigenvalue weighted by Crippen LogP contribution is 2.07. The van der Waals surface area contributed by atoms with Crippen LogP contribution >= 0.6 is 11.6 Å². The predicted octanol–water partition coefficient (Wildman–Crippen LogP) is 1.51. The van der Waals surface area contributed by atoms with Crippen molar-refractivity contribution in [1.82, 2.24) is 10.1 Å². The quantitative estimate of drug-likeness (QED) is 0.300. The summed E-state index contributed by atoms with van der Waals surface area (Å²) < 4.78 is 4.81. The summed E-state index contributed by atoms with van der Waals surface area (Å²) in [6, 6.07) is 4.49. The summed E-state index contributed by atoms with van der Waals surface area (Å²) >= 11 is 5.60. The van der Waals surface area contributed by atoms with Crippen LogP contribution in [-0.2, 0) is 4.84 Å². The van der Waals surface area contributed by atoms with E-state index in [9.17, 15) is 4.79 Å². The average molecular weight is 281 g/mol. The second kappa shape index (κ2) is 5.49. The van der Waals surface area contributed by atoms with Crippen molar-refractivity contribution in [3.8, 4) is 0 Å². The number of aromatic nitrogens is 2. The summed E-state index contributed by atoms with van der Waals surface area (Å²) in [4.78, 5) is 20.0. The highest BCUT2D eigenvalue weighted by molar-refractivity contribution is 6.29. The van der Waals surface area contributed by atoms with Gasteiger partial charge >= 0.3 is 5.97 Å². The number of hydrogen-bond donors (Lipinski definition) is 1. The van der Waals surface area contributed by atoms with Crippen LogP contribution < -0.4 is 5.73 Å². The number of carbonyl (C=O) groups excluding carboxylic acids is 1. The zero-order valence-corrected chi connectivity index (χ0v) is 10.6. The van der Waals surface area contributed by atoms with Crippen LogP contribution in [0, 0.1) is 6.92 Å². The van der Waals surface area contributed by atoms with E-state index in [2.05, 4.69) is 20.1 Å². The lowest BCUT2D eigenvalue weighted by atomic mass is 10.3. The Kier molecular flexibility index (Phi) is 3.76. The second-order valence-corrected chi connectivity index (χ2v) is 3.93. The Labute approximate surface area is 113 Å². The number of hydrogen-bond acceptors (Lipinski definition) is 6. The molecule has 0 saturated heterocycles. The van der Waals surface area contributed by atoms with E-state index in [4.69, 9.17) is 21.9 Å². The van der Waals surface area contributed by atoms with Gasteiger partial charge in [-0.3, -0.25) is 0 Å². The maximum atomic E-state index is 11.6. The fourth-order valence-electron chi connectivity index (χ4n) is 1.17. The lowest BCUT2D eigenvalue weighted by Crippen LogP contribution is -2.15. The van der Waals surface area contributed by atoms with E-state index in [0.717, 1.165) is 0 Å². The van der Waals surface area contributed by atoms with E-state index < -0.39 is 5.97 Å². The highest BCUT2D eigenvalue weighted by Gasteiger charge is 2.10. The van der Waals surface area contributed by atoms with Crippen LogP contribution in [0.15, 0.2) is 34.1 Å². The summed E-state index contributed by atoms with van der Waals surface area (Å²) in [6.07, 6.45) is 1.27. The molecule has 0 spiro atoms. The van der Waals surface area contributed by atoms with Crippen molar-refractivity contribution >= 4 is 23.4 Å². The molecule has 0 bridgehead atoms. The fraction of sp³-hybridized carbons (Fsp3) is 0.0909. The number of oxime groups is 1. The zero-order chi connectivity index (χ0) is 13.8. The topological polar surface area (TPSA) is 104 Å². The molecule has 0 aromatic carbocycles. The monoisotopic (exact) mass is 280 g/mol. The number of amidine groups is 1. The van der Waals surface area contributed by atoms with Gasteiger partial charge in [0.2, 0.25) is 0 Å². The molecule has 0 aliphatic rings. The van der Waals surface area contributed by atoms with E-state index in [1.807, 2.05) is 0 Å². The number of pyridine rings is 1. The first-order valence-electron chi connectivity index (χ1n) is 5.16. The Morgan fingerprint density at radius 3 is 2.89 bits per heavy atom. The van der Waals surface area contributed by atoms with Crippen molar-refractivity contribution in [3.63, 3.8) is 0 Å². The van der Waals surface area contributed by atoms with E-state index in [-0.39, 0.29) is 16.6 Å². The van der Waals surface area contributed by atoms with Crippen molar-refractivity contribution in [2.75, 3.05) is 0 Å². The summed E-state index contributed by atoms with van der Waals surface area (Å²) in [6.45, 7) is 1.70. The first-order chi connectivity index (χ1) is 9.06. The number of carbonyl (C=O) groups is 1. The molecule has 0 unspecified atom stereocenters.